The predicted octanol–water partition coefficient (Wildman–Crippen LogP) is 2.37. The summed E-state index contributed by atoms with van der Waals surface area (Å²) >= 11 is 0. The Labute approximate surface area is 197 Å². The van der Waals surface area contributed by atoms with Crippen LogP contribution in [0.2, 0.25) is 0 Å². The molecule has 0 rings (SSSR count). The van der Waals surface area contributed by atoms with E-state index in [0.717, 1.165) is 38.8 Å². The van der Waals surface area contributed by atoms with Crippen molar-refractivity contribution in [3.8, 4) is 0 Å². The van der Waals surface area contributed by atoms with E-state index in [1.165, 1.54) is 38.5 Å². The molecule has 0 aromatic heterocycles. The van der Waals surface area contributed by atoms with Crippen LogP contribution in [0.4, 0.5) is 0 Å². The van der Waals surface area contributed by atoms with Gasteiger partial charge in [-0.3, -0.25) is 4.90 Å². The van der Waals surface area contributed by atoms with Crippen LogP contribution in [0.5, 0.6) is 0 Å². The zero-order valence-corrected chi connectivity index (χ0v) is 21.4. The molecule has 2 atom stereocenters. The molecule has 0 aliphatic carbocycles. The molecule has 0 bridgehead atoms. The van der Waals surface area contributed by atoms with E-state index in [1.807, 2.05) is 0 Å². The molecule has 0 heterocycles. The van der Waals surface area contributed by atoms with Gasteiger partial charge in [-0.2, -0.15) is 0 Å². The number of unbranched alkanes of at least 4 members (excludes halogenated alkanes) is 4. The van der Waals surface area contributed by atoms with Crippen molar-refractivity contribution in [3.63, 3.8) is 0 Å². The number of carbonyl (C=O) groups excluding carboxylic acids is 1. The van der Waals surface area contributed by atoms with Crippen molar-refractivity contribution in [2.45, 2.75) is 91.9 Å². The number of carbonyl (C=O) groups is 1. The second-order valence-corrected chi connectivity index (χ2v) is 8.16. The summed E-state index contributed by atoms with van der Waals surface area (Å²) < 4.78 is 0. The molecule has 0 saturated heterocycles. The molecule has 158 valence electrons. The molecular weight excluding hydrogens is 357 g/mol. The van der Waals surface area contributed by atoms with Gasteiger partial charge in [-0.25, -0.2) is 0 Å². The SMILES string of the molecule is CCCC/C=C/CCC(C)CN(CC(=O)[O-])CC(C)CC/C=C/CCCC.[Na+]. The summed E-state index contributed by atoms with van der Waals surface area (Å²) in [4.78, 5) is 13.2. The molecule has 0 saturated carbocycles. The van der Waals surface area contributed by atoms with Crippen LogP contribution in [0, 0.1) is 11.8 Å². The van der Waals surface area contributed by atoms with Gasteiger partial charge in [0.2, 0.25) is 0 Å². The molecule has 0 N–H and O–H groups in total. The van der Waals surface area contributed by atoms with Crippen LogP contribution >= 0.6 is 0 Å². The molecule has 3 nitrogen and oxygen atoms in total. The average molecular weight is 402 g/mol. The van der Waals surface area contributed by atoms with E-state index < -0.39 is 5.97 Å². The first-order chi connectivity index (χ1) is 13.0. The monoisotopic (exact) mass is 401 g/mol. The number of aliphatic carboxylic acids is 1. The second-order valence-electron chi connectivity index (χ2n) is 8.16. The number of nitrogens with zero attached hydrogens (tertiary/aromatic N) is 1. The summed E-state index contributed by atoms with van der Waals surface area (Å²) in [7, 11) is 0. The summed E-state index contributed by atoms with van der Waals surface area (Å²) in [6, 6.07) is 0. The number of allylic oxidation sites excluding steroid dienone is 4. The zero-order valence-electron chi connectivity index (χ0n) is 19.4. The maximum absolute atomic E-state index is 11.1. The molecule has 4 heteroatoms. The van der Waals surface area contributed by atoms with Crippen molar-refractivity contribution >= 4 is 5.97 Å². The summed E-state index contributed by atoms with van der Waals surface area (Å²) in [5, 5.41) is 11.1. The number of carboxylic acid groups (broad SMARTS) is 1. The quantitative estimate of drug-likeness (QED) is 0.201. The van der Waals surface area contributed by atoms with Crippen molar-refractivity contribution in [1.29, 1.82) is 0 Å². The molecule has 0 aliphatic rings. The van der Waals surface area contributed by atoms with Gasteiger partial charge in [-0.1, -0.05) is 77.7 Å². The van der Waals surface area contributed by atoms with Gasteiger partial charge < -0.3 is 9.90 Å². The van der Waals surface area contributed by atoms with E-state index in [9.17, 15) is 9.90 Å². The number of rotatable bonds is 18. The van der Waals surface area contributed by atoms with E-state index in [-0.39, 0.29) is 36.1 Å². The second kappa shape index (κ2) is 21.6. The summed E-state index contributed by atoms with van der Waals surface area (Å²) in [6.07, 6.45) is 20.9. The number of carboxylic acids is 1. The molecule has 2 unspecified atom stereocenters. The normalized spacial score (nSPS) is 13.9. The fraction of sp³-hybridized carbons (Fsp3) is 0.792. The van der Waals surface area contributed by atoms with Gasteiger partial charge in [-0.05, 0) is 50.4 Å². The van der Waals surface area contributed by atoms with Gasteiger partial charge in [-0.15, -0.1) is 0 Å². The minimum atomic E-state index is -0.965. The van der Waals surface area contributed by atoms with Gasteiger partial charge in [0.25, 0.3) is 0 Å². The average Bonchev–Trinajstić information content (AvgIpc) is 2.60. The van der Waals surface area contributed by atoms with Gasteiger partial charge in [0, 0.05) is 19.6 Å². The Bertz CT molecular complexity index is 379. The van der Waals surface area contributed by atoms with Crippen LogP contribution in [-0.2, 0) is 4.79 Å². The van der Waals surface area contributed by atoms with Crippen molar-refractivity contribution < 1.29 is 39.5 Å². The molecular formula is C24H44NNaO2. The van der Waals surface area contributed by atoms with E-state index in [2.05, 4.69) is 56.9 Å². The minimum absolute atomic E-state index is 0. The topological polar surface area (TPSA) is 43.4 Å². The van der Waals surface area contributed by atoms with Crippen molar-refractivity contribution in [2.24, 2.45) is 11.8 Å². The fourth-order valence-corrected chi connectivity index (χ4v) is 3.33. The molecule has 0 aromatic rings. The van der Waals surface area contributed by atoms with Gasteiger partial charge >= 0.3 is 29.6 Å². The first-order valence-corrected chi connectivity index (χ1v) is 11.2. The van der Waals surface area contributed by atoms with Crippen LogP contribution < -0.4 is 34.7 Å². The third-order valence-corrected chi connectivity index (χ3v) is 4.93. The Hall–Kier alpha value is -0.0900. The Morgan fingerprint density at radius 2 is 1.21 bits per heavy atom. The van der Waals surface area contributed by atoms with Gasteiger partial charge in [0.1, 0.15) is 0 Å². The Kier molecular flexibility index (Phi) is 23.2. The summed E-state index contributed by atoms with van der Waals surface area (Å²) in [6.45, 7) is 10.6. The first-order valence-electron chi connectivity index (χ1n) is 11.2. The van der Waals surface area contributed by atoms with E-state index in [4.69, 9.17) is 0 Å². The molecule has 0 aromatic carbocycles. The minimum Gasteiger partial charge on any atom is -0.549 e. The first kappa shape index (κ1) is 30.1. The van der Waals surface area contributed by atoms with Crippen molar-refractivity contribution in [1.82, 2.24) is 4.90 Å². The standard InChI is InChI=1S/C24H45NO2.Na/c1-5-7-9-11-13-15-17-22(3)19-25(21-24(26)27)20-23(4)18-16-14-12-10-8-6-2;/h11-14,22-23H,5-10,15-21H2,1-4H3,(H,26,27);/q;+1/p-1/b13-11+,14-12+;. The van der Waals surface area contributed by atoms with Crippen LogP contribution in [0.1, 0.15) is 91.9 Å². The van der Waals surface area contributed by atoms with Crippen LogP contribution in [0.25, 0.3) is 0 Å². The smallest absolute Gasteiger partial charge is 0.549 e. The number of hydrogen-bond acceptors (Lipinski definition) is 3. The molecule has 0 amide bonds. The summed E-state index contributed by atoms with van der Waals surface area (Å²) in [5.41, 5.74) is 0. The Balaban J connectivity index is 0. The van der Waals surface area contributed by atoms with E-state index >= 15 is 0 Å². The zero-order chi connectivity index (χ0) is 20.3. The Morgan fingerprint density at radius 3 is 1.57 bits per heavy atom. The predicted molar refractivity (Wildman–Crippen MR) is 116 cm³/mol. The van der Waals surface area contributed by atoms with E-state index in [1.54, 1.807) is 0 Å². The third kappa shape index (κ3) is 20.6. The summed E-state index contributed by atoms with van der Waals surface area (Å²) in [5.74, 6) is 0.0379. The molecule has 28 heavy (non-hydrogen) atoms. The van der Waals surface area contributed by atoms with Gasteiger partial charge in [0.15, 0.2) is 0 Å². The molecule has 0 aliphatic heterocycles. The Morgan fingerprint density at radius 1 is 0.821 bits per heavy atom. The molecule has 0 spiro atoms. The van der Waals surface area contributed by atoms with E-state index in [0.29, 0.717) is 11.8 Å². The largest absolute Gasteiger partial charge is 1.00 e. The van der Waals surface area contributed by atoms with Gasteiger partial charge in [0.05, 0.1) is 5.97 Å². The maximum Gasteiger partial charge on any atom is 1.00 e. The molecule has 0 radical (unpaired) electrons. The van der Waals surface area contributed by atoms with Crippen LogP contribution in [-0.4, -0.2) is 30.5 Å². The fourth-order valence-electron chi connectivity index (χ4n) is 3.33. The van der Waals surface area contributed by atoms with Crippen LogP contribution in [0.15, 0.2) is 24.3 Å². The third-order valence-electron chi connectivity index (χ3n) is 4.93. The maximum atomic E-state index is 11.1. The van der Waals surface area contributed by atoms with Crippen LogP contribution in [0.3, 0.4) is 0 Å². The van der Waals surface area contributed by atoms with Crippen molar-refractivity contribution in [2.75, 3.05) is 19.6 Å². The number of hydrogen-bond donors (Lipinski definition) is 0. The molecule has 0 fully saturated rings. The van der Waals surface area contributed by atoms with Crippen molar-refractivity contribution in [3.05, 3.63) is 24.3 Å².